The standard InChI is InChI=1S/C19H23ClN4O3S/c20-17-16(21-19-24(17)14(10-28-19)11-1-2-11)18(27)22-7-8-23(15(26)9-22)12-3-5-13(25)6-4-12/h10-13,25H,1-9H2. The number of carbonyl (C=O) groups is 2. The second-order valence-electron chi connectivity index (χ2n) is 8.08. The number of hydrogen-bond donors (Lipinski definition) is 1. The van der Waals surface area contributed by atoms with E-state index in [0.29, 0.717) is 24.2 Å². The summed E-state index contributed by atoms with van der Waals surface area (Å²) in [6.45, 7) is 1.08. The summed E-state index contributed by atoms with van der Waals surface area (Å²) in [6, 6.07) is 0.177. The lowest BCUT2D eigenvalue weighted by atomic mass is 9.91. The molecule has 0 radical (unpaired) electrons. The number of halogens is 1. The Morgan fingerprint density at radius 1 is 1.18 bits per heavy atom. The molecule has 9 heteroatoms. The van der Waals surface area contributed by atoms with E-state index in [1.807, 2.05) is 9.30 Å². The van der Waals surface area contributed by atoms with Gasteiger partial charge in [-0.1, -0.05) is 11.6 Å². The lowest BCUT2D eigenvalue weighted by Crippen LogP contribution is -2.56. The number of piperazine rings is 1. The molecule has 0 bridgehead atoms. The predicted molar refractivity (Wildman–Crippen MR) is 106 cm³/mol. The van der Waals surface area contributed by atoms with Gasteiger partial charge in [-0.05, 0) is 38.5 Å². The van der Waals surface area contributed by atoms with Crippen LogP contribution in [0.2, 0.25) is 5.15 Å². The highest BCUT2D eigenvalue weighted by Crippen LogP contribution is 2.43. The summed E-state index contributed by atoms with van der Waals surface area (Å²) in [5, 5.41) is 12.1. The number of thiazole rings is 1. The van der Waals surface area contributed by atoms with Gasteiger partial charge in [0.15, 0.2) is 10.7 Å². The topological polar surface area (TPSA) is 78.2 Å². The fraction of sp³-hybridized carbons (Fsp3) is 0.632. The van der Waals surface area contributed by atoms with E-state index in [2.05, 4.69) is 10.4 Å². The number of rotatable bonds is 3. The maximum absolute atomic E-state index is 13.0. The van der Waals surface area contributed by atoms with Crippen molar-refractivity contribution in [1.82, 2.24) is 19.2 Å². The van der Waals surface area contributed by atoms with Gasteiger partial charge < -0.3 is 14.9 Å². The van der Waals surface area contributed by atoms with Crippen LogP contribution in [0.15, 0.2) is 5.38 Å². The first-order chi connectivity index (χ1) is 13.5. The minimum absolute atomic E-state index is 0.0307. The lowest BCUT2D eigenvalue weighted by molar-refractivity contribution is -0.138. The Balaban J connectivity index is 1.31. The van der Waals surface area contributed by atoms with Crippen LogP contribution >= 0.6 is 22.9 Å². The predicted octanol–water partition coefficient (Wildman–Crippen LogP) is 2.51. The van der Waals surface area contributed by atoms with Crippen LogP contribution in [-0.4, -0.2) is 67.9 Å². The van der Waals surface area contributed by atoms with Crippen LogP contribution in [0.25, 0.3) is 4.96 Å². The first-order valence-corrected chi connectivity index (χ1v) is 11.2. The maximum atomic E-state index is 13.0. The van der Waals surface area contributed by atoms with Gasteiger partial charge in [-0.3, -0.25) is 14.0 Å². The van der Waals surface area contributed by atoms with Crippen molar-refractivity contribution in [2.75, 3.05) is 19.6 Å². The highest BCUT2D eigenvalue weighted by molar-refractivity contribution is 7.15. The molecule has 7 nitrogen and oxygen atoms in total. The number of fused-ring (bicyclic) bond motifs is 1. The van der Waals surface area contributed by atoms with Crippen molar-refractivity contribution in [2.45, 2.75) is 56.6 Å². The SMILES string of the molecule is O=C(c1nc2scc(C3CC3)n2c1Cl)N1CCN(C2CCC(O)CC2)C(=O)C1. The quantitative estimate of drug-likeness (QED) is 0.824. The molecule has 2 saturated carbocycles. The van der Waals surface area contributed by atoms with Gasteiger partial charge in [-0.15, -0.1) is 11.3 Å². The summed E-state index contributed by atoms with van der Waals surface area (Å²) in [4.78, 5) is 34.4. The van der Waals surface area contributed by atoms with Crippen LogP contribution in [0, 0.1) is 0 Å². The molecular formula is C19H23ClN4O3S. The third-order valence-corrected chi connectivity index (χ3v) is 7.38. The molecule has 3 fully saturated rings. The highest BCUT2D eigenvalue weighted by Gasteiger charge is 2.36. The van der Waals surface area contributed by atoms with E-state index in [4.69, 9.17) is 11.6 Å². The van der Waals surface area contributed by atoms with Gasteiger partial charge in [0.25, 0.3) is 5.91 Å². The number of aliphatic hydroxyl groups excluding tert-OH is 1. The molecule has 150 valence electrons. The fourth-order valence-electron chi connectivity index (χ4n) is 4.41. The lowest BCUT2D eigenvalue weighted by Gasteiger charge is -2.41. The Labute approximate surface area is 171 Å². The second kappa shape index (κ2) is 7.00. The van der Waals surface area contributed by atoms with E-state index in [9.17, 15) is 14.7 Å². The number of hydrogen-bond acceptors (Lipinski definition) is 5. The number of imidazole rings is 1. The molecule has 2 aromatic heterocycles. The summed E-state index contributed by atoms with van der Waals surface area (Å²) < 4.78 is 1.89. The Hall–Kier alpha value is -1.64. The number of carbonyl (C=O) groups excluding carboxylic acids is 2. The monoisotopic (exact) mass is 422 g/mol. The van der Waals surface area contributed by atoms with Gasteiger partial charge in [0.1, 0.15) is 11.7 Å². The van der Waals surface area contributed by atoms with Crippen LogP contribution < -0.4 is 0 Å². The molecule has 3 heterocycles. The Bertz CT molecular complexity index is 929. The molecule has 3 aliphatic rings. The summed E-state index contributed by atoms with van der Waals surface area (Å²) in [5.74, 6) is 0.217. The molecule has 1 N–H and O–H groups in total. The molecule has 0 atom stereocenters. The van der Waals surface area contributed by atoms with Crippen molar-refractivity contribution in [3.8, 4) is 0 Å². The maximum Gasteiger partial charge on any atom is 0.276 e. The molecule has 1 aliphatic heterocycles. The largest absolute Gasteiger partial charge is 0.393 e. The summed E-state index contributed by atoms with van der Waals surface area (Å²) in [5.41, 5.74) is 1.38. The second-order valence-corrected chi connectivity index (χ2v) is 9.27. The van der Waals surface area contributed by atoms with Gasteiger partial charge in [-0.2, -0.15) is 0 Å². The molecular weight excluding hydrogens is 400 g/mol. The zero-order chi connectivity index (χ0) is 19.4. The molecule has 5 rings (SSSR count). The first-order valence-electron chi connectivity index (χ1n) is 9.95. The Morgan fingerprint density at radius 3 is 2.61 bits per heavy atom. The Morgan fingerprint density at radius 2 is 1.93 bits per heavy atom. The first kappa shape index (κ1) is 18.4. The van der Waals surface area contributed by atoms with E-state index in [0.717, 1.165) is 49.2 Å². The number of nitrogens with zero attached hydrogens (tertiary/aromatic N) is 4. The van der Waals surface area contributed by atoms with Crippen LogP contribution in [0.1, 0.15) is 60.6 Å². The van der Waals surface area contributed by atoms with Gasteiger partial charge in [0.2, 0.25) is 5.91 Å². The number of aliphatic hydroxyl groups is 1. The van der Waals surface area contributed by atoms with Crippen molar-refractivity contribution in [3.05, 3.63) is 21.9 Å². The van der Waals surface area contributed by atoms with Gasteiger partial charge in [0, 0.05) is 36.1 Å². The third kappa shape index (κ3) is 3.11. The molecule has 0 unspecified atom stereocenters. The summed E-state index contributed by atoms with van der Waals surface area (Å²) in [7, 11) is 0. The minimum atomic E-state index is -0.269. The normalized spacial score (nSPS) is 26.3. The molecule has 28 heavy (non-hydrogen) atoms. The average Bonchev–Trinajstić information content (AvgIpc) is 3.37. The van der Waals surface area contributed by atoms with Crippen molar-refractivity contribution >= 4 is 39.7 Å². The highest BCUT2D eigenvalue weighted by atomic mass is 35.5. The number of amides is 2. The van der Waals surface area contributed by atoms with Crippen LogP contribution in [0.4, 0.5) is 0 Å². The van der Waals surface area contributed by atoms with E-state index < -0.39 is 0 Å². The van der Waals surface area contributed by atoms with Crippen LogP contribution in [0.3, 0.4) is 0 Å². The van der Waals surface area contributed by atoms with E-state index in [1.54, 1.807) is 4.90 Å². The number of aromatic nitrogens is 2. The average molecular weight is 423 g/mol. The smallest absolute Gasteiger partial charge is 0.276 e. The van der Waals surface area contributed by atoms with Gasteiger partial charge in [-0.25, -0.2) is 4.98 Å². The van der Waals surface area contributed by atoms with Crippen molar-refractivity contribution in [2.24, 2.45) is 0 Å². The van der Waals surface area contributed by atoms with E-state index >= 15 is 0 Å². The zero-order valence-corrected chi connectivity index (χ0v) is 17.1. The van der Waals surface area contributed by atoms with Gasteiger partial charge >= 0.3 is 0 Å². The fourth-order valence-corrected chi connectivity index (χ4v) is 5.73. The van der Waals surface area contributed by atoms with Crippen LogP contribution in [0.5, 0.6) is 0 Å². The van der Waals surface area contributed by atoms with Crippen molar-refractivity contribution in [3.63, 3.8) is 0 Å². The minimum Gasteiger partial charge on any atom is -0.393 e. The van der Waals surface area contributed by atoms with Gasteiger partial charge in [0.05, 0.1) is 6.10 Å². The Kier molecular flexibility index (Phi) is 4.60. The molecule has 2 aromatic rings. The van der Waals surface area contributed by atoms with E-state index in [-0.39, 0.29) is 36.2 Å². The van der Waals surface area contributed by atoms with Crippen molar-refractivity contribution in [1.29, 1.82) is 0 Å². The van der Waals surface area contributed by atoms with Crippen molar-refractivity contribution < 1.29 is 14.7 Å². The molecule has 1 saturated heterocycles. The summed E-state index contributed by atoms with van der Waals surface area (Å²) in [6.07, 6.45) is 5.19. The summed E-state index contributed by atoms with van der Waals surface area (Å²) >= 11 is 8.03. The van der Waals surface area contributed by atoms with E-state index in [1.165, 1.54) is 11.3 Å². The molecule has 2 amide bonds. The zero-order valence-electron chi connectivity index (χ0n) is 15.5. The molecule has 2 aliphatic carbocycles. The van der Waals surface area contributed by atoms with Crippen LogP contribution in [-0.2, 0) is 4.79 Å². The molecule has 0 spiro atoms. The molecule has 0 aromatic carbocycles. The third-order valence-electron chi connectivity index (χ3n) is 6.18.